The van der Waals surface area contributed by atoms with E-state index in [9.17, 15) is 0 Å². The predicted octanol–water partition coefficient (Wildman–Crippen LogP) is 0.879. The summed E-state index contributed by atoms with van der Waals surface area (Å²) in [5.74, 6) is 0. The molecule has 0 bridgehead atoms. The first-order chi connectivity index (χ1) is 4.97. The van der Waals surface area contributed by atoms with Crippen LogP contribution in [0.25, 0.3) is 0 Å². The summed E-state index contributed by atoms with van der Waals surface area (Å²) in [5, 5.41) is 0. The van der Waals surface area contributed by atoms with Gasteiger partial charge in [-0.3, -0.25) is 0 Å². The summed E-state index contributed by atoms with van der Waals surface area (Å²) in [6.07, 6.45) is 9.58. The molecule has 0 atom stereocenters. The normalized spacial score (nSPS) is 22.4. The molecule has 0 unspecified atom stereocenters. The standard InChI is InChI=1S/C8H9N2/c1-2-4-8-7(3-1)5-6-9-10-8/h1,3-5,10H,2,6H2. The van der Waals surface area contributed by atoms with Gasteiger partial charge < -0.3 is 5.43 Å². The molecule has 2 heteroatoms. The van der Waals surface area contributed by atoms with Crippen LogP contribution in [0.15, 0.2) is 35.6 Å². The van der Waals surface area contributed by atoms with Gasteiger partial charge in [0.05, 0.1) is 12.2 Å². The molecular weight excluding hydrogens is 124 g/mol. The number of fused-ring (bicyclic) bond motifs is 1. The first kappa shape index (κ1) is 5.74. The SMILES string of the molecule is C1=CC2=CC[N]NC2=CC1. The van der Waals surface area contributed by atoms with E-state index in [1.54, 1.807) is 0 Å². The molecule has 1 heterocycles. The fourth-order valence-corrected chi connectivity index (χ4v) is 1.15. The molecule has 0 aromatic rings. The Morgan fingerprint density at radius 1 is 1.40 bits per heavy atom. The largest absolute Gasteiger partial charge is 0.303 e. The Morgan fingerprint density at radius 2 is 2.40 bits per heavy atom. The van der Waals surface area contributed by atoms with E-state index < -0.39 is 0 Å². The first-order valence-corrected chi connectivity index (χ1v) is 3.46. The van der Waals surface area contributed by atoms with E-state index in [0.29, 0.717) is 0 Å². The molecule has 1 aliphatic heterocycles. The van der Waals surface area contributed by atoms with E-state index in [2.05, 4.69) is 35.2 Å². The molecule has 2 nitrogen and oxygen atoms in total. The number of nitrogens with zero attached hydrogens (tertiary/aromatic N) is 1. The van der Waals surface area contributed by atoms with Gasteiger partial charge in [0.2, 0.25) is 0 Å². The minimum absolute atomic E-state index is 0.789. The highest BCUT2D eigenvalue weighted by Gasteiger charge is 2.07. The zero-order valence-electron chi connectivity index (χ0n) is 5.67. The van der Waals surface area contributed by atoms with Gasteiger partial charge in [-0.05, 0) is 12.0 Å². The van der Waals surface area contributed by atoms with Crippen molar-refractivity contribution < 1.29 is 0 Å². The molecule has 0 spiro atoms. The number of hydrogen-bond acceptors (Lipinski definition) is 1. The monoisotopic (exact) mass is 133 g/mol. The predicted molar refractivity (Wildman–Crippen MR) is 40.1 cm³/mol. The van der Waals surface area contributed by atoms with Crippen molar-refractivity contribution >= 4 is 0 Å². The fourth-order valence-electron chi connectivity index (χ4n) is 1.15. The zero-order chi connectivity index (χ0) is 6.81. The van der Waals surface area contributed by atoms with Crippen LogP contribution in [0.2, 0.25) is 0 Å². The van der Waals surface area contributed by atoms with Gasteiger partial charge in [0.25, 0.3) is 0 Å². The Hall–Kier alpha value is -1.02. The molecular formula is C8H9N2. The smallest absolute Gasteiger partial charge is 0.0549 e. The molecule has 10 heavy (non-hydrogen) atoms. The van der Waals surface area contributed by atoms with Gasteiger partial charge in [-0.2, -0.15) is 0 Å². The quantitative estimate of drug-likeness (QED) is 0.521. The third-order valence-electron chi connectivity index (χ3n) is 1.67. The minimum atomic E-state index is 0.789. The van der Waals surface area contributed by atoms with Gasteiger partial charge in [0, 0.05) is 0 Å². The summed E-state index contributed by atoms with van der Waals surface area (Å²) in [5.41, 5.74) is 9.46. The number of rotatable bonds is 0. The molecule has 0 saturated carbocycles. The van der Waals surface area contributed by atoms with Crippen LogP contribution in [-0.2, 0) is 0 Å². The highest BCUT2D eigenvalue weighted by molar-refractivity contribution is 5.43. The second kappa shape index (κ2) is 2.31. The van der Waals surface area contributed by atoms with Crippen LogP contribution in [0.3, 0.4) is 0 Å². The van der Waals surface area contributed by atoms with Crippen molar-refractivity contribution in [3.05, 3.63) is 35.6 Å². The van der Waals surface area contributed by atoms with E-state index in [0.717, 1.165) is 18.7 Å². The maximum absolute atomic E-state index is 4.03. The molecule has 2 rings (SSSR count). The van der Waals surface area contributed by atoms with Crippen molar-refractivity contribution in [2.45, 2.75) is 6.42 Å². The second-order valence-corrected chi connectivity index (χ2v) is 2.37. The number of allylic oxidation sites excluding steroid dienone is 3. The Balaban J connectivity index is 2.32. The van der Waals surface area contributed by atoms with Gasteiger partial charge in [0.1, 0.15) is 0 Å². The molecule has 0 aromatic heterocycles. The molecule has 2 aliphatic rings. The lowest BCUT2D eigenvalue weighted by Gasteiger charge is -2.17. The first-order valence-electron chi connectivity index (χ1n) is 3.46. The van der Waals surface area contributed by atoms with Crippen LogP contribution in [0, 0.1) is 0 Å². The summed E-state index contributed by atoms with van der Waals surface area (Å²) in [4.78, 5) is 0. The summed E-state index contributed by atoms with van der Waals surface area (Å²) in [6, 6.07) is 0. The maximum atomic E-state index is 4.03. The lowest BCUT2D eigenvalue weighted by molar-refractivity contribution is 0.616. The van der Waals surface area contributed by atoms with E-state index in [1.165, 1.54) is 5.57 Å². The van der Waals surface area contributed by atoms with Crippen LogP contribution in [0.4, 0.5) is 0 Å². The van der Waals surface area contributed by atoms with Crippen molar-refractivity contribution in [2.24, 2.45) is 0 Å². The van der Waals surface area contributed by atoms with Gasteiger partial charge in [-0.15, -0.1) is 5.43 Å². The lowest BCUT2D eigenvalue weighted by Crippen LogP contribution is -2.29. The Kier molecular flexibility index (Phi) is 1.32. The van der Waals surface area contributed by atoms with Crippen LogP contribution >= 0.6 is 0 Å². The molecule has 1 N–H and O–H groups in total. The second-order valence-electron chi connectivity index (χ2n) is 2.37. The summed E-state index contributed by atoms with van der Waals surface area (Å²) in [6.45, 7) is 0.789. The zero-order valence-corrected chi connectivity index (χ0v) is 5.67. The highest BCUT2D eigenvalue weighted by Crippen LogP contribution is 2.16. The van der Waals surface area contributed by atoms with Crippen LogP contribution in [0.1, 0.15) is 6.42 Å². The Bertz CT molecular complexity index is 223. The summed E-state index contributed by atoms with van der Waals surface area (Å²) < 4.78 is 0. The molecule has 0 aromatic carbocycles. The lowest BCUT2D eigenvalue weighted by atomic mass is 10.1. The van der Waals surface area contributed by atoms with Gasteiger partial charge >= 0.3 is 0 Å². The fraction of sp³-hybridized carbons (Fsp3) is 0.250. The van der Waals surface area contributed by atoms with Gasteiger partial charge in [-0.25, -0.2) is 0 Å². The average molecular weight is 133 g/mol. The van der Waals surface area contributed by atoms with E-state index in [-0.39, 0.29) is 0 Å². The van der Waals surface area contributed by atoms with Crippen molar-refractivity contribution in [3.63, 3.8) is 0 Å². The van der Waals surface area contributed by atoms with Crippen molar-refractivity contribution in [1.82, 2.24) is 10.9 Å². The minimum Gasteiger partial charge on any atom is -0.303 e. The molecule has 1 aliphatic carbocycles. The van der Waals surface area contributed by atoms with E-state index in [1.807, 2.05) is 0 Å². The van der Waals surface area contributed by atoms with Gasteiger partial charge in [-0.1, -0.05) is 24.3 Å². The molecule has 51 valence electrons. The van der Waals surface area contributed by atoms with Crippen molar-refractivity contribution in [1.29, 1.82) is 0 Å². The Labute approximate surface area is 60.3 Å². The van der Waals surface area contributed by atoms with E-state index >= 15 is 0 Å². The summed E-state index contributed by atoms with van der Waals surface area (Å²) >= 11 is 0. The highest BCUT2D eigenvalue weighted by atomic mass is 15.4. The number of hydrogen-bond donors (Lipinski definition) is 1. The van der Waals surface area contributed by atoms with E-state index in [4.69, 9.17) is 0 Å². The molecule has 0 fully saturated rings. The summed E-state index contributed by atoms with van der Waals surface area (Å²) in [7, 11) is 0. The maximum Gasteiger partial charge on any atom is 0.0549 e. The van der Waals surface area contributed by atoms with Gasteiger partial charge in [0.15, 0.2) is 0 Å². The van der Waals surface area contributed by atoms with Crippen molar-refractivity contribution in [3.8, 4) is 0 Å². The Morgan fingerprint density at radius 3 is 3.30 bits per heavy atom. The van der Waals surface area contributed by atoms with Crippen molar-refractivity contribution in [2.75, 3.05) is 6.54 Å². The van der Waals surface area contributed by atoms with Crippen LogP contribution < -0.4 is 10.9 Å². The molecule has 1 radical (unpaired) electrons. The third kappa shape index (κ3) is 0.866. The van der Waals surface area contributed by atoms with Crippen LogP contribution in [-0.4, -0.2) is 6.54 Å². The average Bonchev–Trinajstić information content (AvgIpc) is 2.05. The molecule has 0 amide bonds. The molecule has 0 saturated heterocycles. The number of nitrogens with one attached hydrogen (secondary N) is 1. The third-order valence-corrected chi connectivity index (χ3v) is 1.67. The van der Waals surface area contributed by atoms with Crippen LogP contribution in [0.5, 0.6) is 0 Å². The topological polar surface area (TPSA) is 26.1 Å².